The summed E-state index contributed by atoms with van der Waals surface area (Å²) in [5, 5.41) is 17.7. The zero-order valence-electron chi connectivity index (χ0n) is 16.5. The van der Waals surface area contributed by atoms with Crippen LogP contribution in [0, 0.1) is 0 Å². The molecule has 2 aliphatic heterocycles. The third-order valence-electron chi connectivity index (χ3n) is 5.54. The van der Waals surface area contributed by atoms with Crippen LogP contribution in [0.2, 0.25) is 0 Å². The Morgan fingerprint density at radius 2 is 2.10 bits per heavy atom. The molecule has 0 unspecified atom stereocenters. The Hall–Kier alpha value is -2.34. The lowest BCUT2D eigenvalue weighted by Crippen LogP contribution is -2.71. The van der Waals surface area contributed by atoms with Gasteiger partial charge in [0, 0.05) is 10.1 Å². The number of thiazole rings is 1. The van der Waals surface area contributed by atoms with Gasteiger partial charge in [0.05, 0.1) is 0 Å². The van der Waals surface area contributed by atoms with Crippen LogP contribution in [0.15, 0.2) is 10.5 Å². The van der Waals surface area contributed by atoms with Crippen molar-refractivity contribution in [2.24, 2.45) is 5.16 Å². The number of nitrogens with two attached hydrogens (primary N) is 1. The van der Waals surface area contributed by atoms with Gasteiger partial charge in [0.1, 0.15) is 29.3 Å². The van der Waals surface area contributed by atoms with E-state index in [4.69, 9.17) is 10.6 Å². The van der Waals surface area contributed by atoms with Crippen molar-refractivity contribution < 1.29 is 24.3 Å². The zero-order valence-corrected chi connectivity index (χ0v) is 18.2. The Bertz CT molecular complexity index is 911. The molecule has 0 aromatic carbocycles. The van der Waals surface area contributed by atoms with E-state index in [0.29, 0.717) is 0 Å². The van der Waals surface area contributed by atoms with E-state index < -0.39 is 40.0 Å². The first-order valence-electron chi connectivity index (χ1n) is 9.68. The van der Waals surface area contributed by atoms with E-state index in [1.54, 1.807) is 19.2 Å². The van der Waals surface area contributed by atoms with Crippen molar-refractivity contribution in [3.05, 3.63) is 11.1 Å². The smallest absolute Gasteiger partial charge is 0.327 e. The standard InChI is InChI=1S/C18H23N5O5S2/c1-18(2)12(16(26)27)23-14(25)11(15(23)30-18)21-13(24)10(9-7-29-17(19)20-9)22-28-8-5-3-4-6-8/h7-8,11-12,15H,3-6H2,1-2H3,(H2,19,20)(H,21,24)(H,26,27)/b22-10-/t11-,12+,15-/m1/s1. The molecule has 1 aliphatic carbocycles. The molecule has 1 saturated carbocycles. The van der Waals surface area contributed by atoms with Gasteiger partial charge in [0.25, 0.3) is 5.91 Å². The molecule has 3 fully saturated rings. The fourth-order valence-corrected chi connectivity index (χ4v) is 6.25. The van der Waals surface area contributed by atoms with Crippen molar-refractivity contribution in [3.8, 4) is 0 Å². The van der Waals surface area contributed by atoms with Gasteiger partial charge in [0.15, 0.2) is 10.8 Å². The largest absolute Gasteiger partial charge is 0.480 e. The summed E-state index contributed by atoms with van der Waals surface area (Å²) in [6.45, 7) is 3.56. The maximum atomic E-state index is 13.0. The summed E-state index contributed by atoms with van der Waals surface area (Å²) in [6.07, 6.45) is 3.80. The maximum absolute atomic E-state index is 13.0. The molecule has 4 N–H and O–H groups in total. The Balaban J connectivity index is 1.51. The number of amides is 2. The van der Waals surface area contributed by atoms with E-state index >= 15 is 0 Å². The number of β-lactam (4-membered cyclic amide) rings is 1. The van der Waals surface area contributed by atoms with Crippen LogP contribution < -0.4 is 11.1 Å². The number of oxime groups is 1. The summed E-state index contributed by atoms with van der Waals surface area (Å²) in [6, 6.07) is -1.77. The molecule has 2 amide bonds. The second-order valence-electron chi connectivity index (χ2n) is 8.07. The molecule has 3 atom stereocenters. The highest BCUT2D eigenvalue weighted by Gasteiger charge is 2.64. The molecule has 2 saturated heterocycles. The third kappa shape index (κ3) is 3.62. The highest BCUT2D eigenvalue weighted by atomic mass is 32.2. The fourth-order valence-electron chi connectivity index (χ4n) is 4.08. The number of hydrogen-bond donors (Lipinski definition) is 3. The van der Waals surface area contributed by atoms with Crippen LogP contribution >= 0.6 is 23.1 Å². The van der Waals surface area contributed by atoms with Gasteiger partial charge in [-0.15, -0.1) is 23.1 Å². The second kappa shape index (κ2) is 7.73. The molecule has 1 aromatic rings. The number of anilines is 1. The molecule has 0 bridgehead atoms. The number of carbonyl (C=O) groups is 3. The lowest BCUT2D eigenvalue weighted by atomic mass is 9.96. The molecule has 12 heteroatoms. The van der Waals surface area contributed by atoms with Gasteiger partial charge < -0.3 is 25.9 Å². The minimum atomic E-state index is -1.06. The fraction of sp³-hybridized carbons (Fsp3) is 0.611. The normalized spacial score (nSPS) is 28.2. The number of nitrogens with zero attached hydrogens (tertiary/aromatic N) is 3. The molecule has 0 radical (unpaired) electrons. The van der Waals surface area contributed by atoms with Crippen LogP contribution in [0.25, 0.3) is 0 Å². The highest BCUT2D eigenvalue weighted by molar-refractivity contribution is 8.01. The van der Waals surface area contributed by atoms with E-state index in [0.717, 1.165) is 25.7 Å². The van der Waals surface area contributed by atoms with Gasteiger partial charge in [-0.25, -0.2) is 9.78 Å². The number of aromatic nitrogens is 1. The van der Waals surface area contributed by atoms with Crippen molar-refractivity contribution in [1.82, 2.24) is 15.2 Å². The van der Waals surface area contributed by atoms with Gasteiger partial charge in [0.2, 0.25) is 5.91 Å². The Labute approximate surface area is 181 Å². The molecule has 0 spiro atoms. The van der Waals surface area contributed by atoms with Crippen LogP contribution in [-0.4, -0.2) is 66.8 Å². The molecule has 3 aliphatic rings. The quantitative estimate of drug-likeness (QED) is 0.329. The minimum Gasteiger partial charge on any atom is -0.480 e. The lowest BCUT2D eigenvalue weighted by Gasteiger charge is -2.43. The second-order valence-corrected chi connectivity index (χ2v) is 10.7. The predicted octanol–water partition coefficient (Wildman–Crippen LogP) is 1.02. The van der Waals surface area contributed by atoms with Gasteiger partial charge >= 0.3 is 5.97 Å². The molecular weight excluding hydrogens is 430 g/mol. The summed E-state index contributed by atoms with van der Waals surface area (Å²) in [5.74, 6) is -2.08. The van der Waals surface area contributed by atoms with Gasteiger partial charge in [-0.1, -0.05) is 5.16 Å². The van der Waals surface area contributed by atoms with Gasteiger partial charge in [-0.3, -0.25) is 9.59 Å². The molecule has 10 nitrogen and oxygen atoms in total. The minimum absolute atomic E-state index is 0.0434. The van der Waals surface area contributed by atoms with Crippen molar-refractivity contribution in [3.63, 3.8) is 0 Å². The number of carbonyl (C=O) groups excluding carboxylic acids is 2. The Kier molecular flexibility index (Phi) is 5.39. The SMILES string of the molecule is CC1(C)S[C@@H]2[C@H](NC(=O)/C(=N\OC3CCCC3)c3csc(N)n3)C(=O)N2[C@H]1C(=O)O. The molecule has 3 heterocycles. The number of carboxylic acid groups (broad SMARTS) is 1. The van der Waals surface area contributed by atoms with Crippen molar-refractivity contribution in [1.29, 1.82) is 0 Å². The number of thioether (sulfide) groups is 1. The van der Waals surface area contributed by atoms with Crippen molar-refractivity contribution in [2.75, 3.05) is 5.73 Å². The summed E-state index contributed by atoms with van der Waals surface area (Å²) >= 11 is 2.53. The third-order valence-corrected chi connectivity index (χ3v) is 7.78. The number of carboxylic acids is 1. The Morgan fingerprint density at radius 1 is 1.40 bits per heavy atom. The van der Waals surface area contributed by atoms with Crippen LogP contribution in [0.5, 0.6) is 0 Å². The summed E-state index contributed by atoms with van der Waals surface area (Å²) < 4.78 is -0.669. The first-order chi connectivity index (χ1) is 14.2. The predicted molar refractivity (Wildman–Crippen MR) is 112 cm³/mol. The number of fused-ring (bicyclic) bond motifs is 1. The monoisotopic (exact) mass is 453 g/mol. The maximum Gasteiger partial charge on any atom is 0.327 e. The van der Waals surface area contributed by atoms with Crippen molar-refractivity contribution >= 4 is 51.7 Å². The topological polar surface area (TPSA) is 147 Å². The van der Waals surface area contributed by atoms with Crippen LogP contribution in [-0.2, 0) is 19.2 Å². The number of nitrogen functional groups attached to an aromatic ring is 1. The first-order valence-corrected chi connectivity index (χ1v) is 11.4. The molecule has 30 heavy (non-hydrogen) atoms. The average Bonchev–Trinajstić information content (AvgIpc) is 3.38. The molecular formula is C18H23N5O5S2. The van der Waals surface area contributed by atoms with Crippen LogP contribution in [0.1, 0.15) is 45.2 Å². The summed E-state index contributed by atoms with van der Waals surface area (Å²) in [7, 11) is 0. The summed E-state index contributed by atoms with van der Waals surface area (Å²) in [4.78, 5) is 48.3. The lowest BCUT2D eigenvalue weighted by molar-refractivity contribution is -0.160. The average molecular weight is 454 g/mol. The first kappa shape index (κ1) is 20.9. The van der Waals surface area contributed by atoms with Crippen LogP contribution in [0.3, 0.4) is 0 Å². The number of hydrogen-bond acceptors (Lipinski definition) is 9. The summed E-state index contributed by atoms with van der Waals surface area (Å²) in [5.41, 5.74) is 5.93. The number of aliphatic carboxylic acids is 1. The Morgan fingerprint density at radius 3 is 2.70 bits per heavy atom. The zero-order chi connectivity index (χ0) is 21.6. The van der Waals surface area contributed by atoms with E-state index in [1.165, 1.54) is 28.0 Å². The van der Waals surface area contributed by atoms with E-state index in [-0.39, 0.29) is 22.6 Å². The van der Waals surface area contributed by atoms with E-state index in [9.17, 15) is 19.5 Å². The molecule has 4 rings (SSSR count). The molecule has 162 valence electrons. The highest BCUT2D eigenvalue weighted by Crippen LogP contribution is 2.50. The van der Waals surface area contributed by atoms with E-state index in [1.807, 2.05) is 0 Å². The number of nitrogens with one attached hydrogen (secondary N) is 1. The van der Waals surface area contributed by atoms with Crippen LogP contribution in [0.4, 0.5) is 5.13 Å². The van der Waals surface area contributed by atoms with Gasteiger partial charge in [-0.05, 0) is 39.5 Å². The molecule has 1 aromatic heterocycles. The number of rotatable bonds is 6. The van der Waals surface area contributed by atoms with Gasteiger partial charge in [-0.2, -0.15) is 0 Å². The van der Waals surface area contributed by atoms with Crippen molar-refractivity contribution in [2.45, 2.75) is 67.8 Å². The van der Waals surface area contributed by atoms with E-state index in [2.05, 4.69) is 15.5 Å².